The van der Waals surface area contributed by atoms with Crippen LogP contribution in [0.5, 0.6) is 0 Å². The molecule has 0 radical (unpaired) electrons. The van der Waals surface area contributed by atoms with E-state index in [4.69, 9.17) is 0 Å². The van der Waals surface area contributed by atoms with E-state index in [2.05, 4.69) is 34.1 Å². The molecular weight excluding hydrogens is 370 g/mol. The van der Waals surface area contributed by atoms with Crippen LogP contribution in [-0.2, 0) is 11.2 Å². The summed E-state index contributed by atoms with van der Waals surface area (Å²) in [5.74, 6) is 0.208. The molecule has 1 amide bonds. The lowest BCUT2D eigenvalue weighted by atomic mass is 10.1. The van der Waals surface area contributed by atoms with E-state index in [-0.39, 0.29) is 23.8 Å². The van der Waals surface area contributed by atoms with E-state index < -0.39 is 0 Å². The first-order valence-electron chi connectivity index (χ1n) is 10.2. The van der Waals surface area contributed by atoms with Gasteiger partial charge in [-0.15, -0.1) is 11.3 Å². The third-order valence-corrected chi connectivity index (χ3v) is 6.70. The normalized spacial score (nSPS) is 22.6. The van der Waals surface area contributed by atoms with Crippen molar-refractivity contribution < 1.29 is 9.59 Å². The molecule has 2 aromatic rings. The van der Waals surface area contributed by atoms with Crippen LogP contribution in [0, 0.1) is 0 Å². The number of amides is 1. The van der Waals surface area contributed by atoms with Gasteiger partial charge in [-0.05, 0) is 57.2 Å². The SMILES string of the molecule is O=C(c1cncs1)[C@@H]1CCCN1C(=O)[C@@H]1CCCN1CCCc1ccccc1. The van der Waals surface area contributed by atoms with Crippen LogP contribution in [0.3, 0.4) is 0 Å². The molecule has 3 heterocycles. The standard InChI is InChI=1S/C22H27N3O2S/c26-21(20-15-23-16-28-20)18-10-6-14-25(18)22(27)19-11-5-13-24(19)12-4-9-17-7-2-1-3-8-17/h1-3,7-8,15-16,18-19H,4-6,9-14H2/t18-,19-/m0/s1. The Labute approximate surface area is 170 Å². The van der Waals surface area contributed by atoms with Gasteiger partial charge in [-0.3, -0.25) is 19.5 Å². The van der Waals surface area contributed by atoms with Gasteiger partial charge in [0, 0.05) is 12.7 Å². The van der Waals surface area contributed by atoms with E-state index in [0.29, 0.717) is 11.4 Å². The number of Topliss-reactive ketones (excluding diaryl/α,β-unsaturated/α-hetero) is 1. The first kappa shape index (κ1) is 19.3. The minimum absolute atomic E-state index is 0.0574. The molecule has 0 spiro atoms. The second-order valence-corrected chi connectivity index (χ2v) is 8.59. The van der Waals surface area contributed by atoms with Crippen LogP contribution in [0.2, 0.25) is 0 Å². The third kappa shape index (κ3) is 4.18. The van der Waals surface area contributed by atoms with E-state index in [1.54, 1.807) is 11.7 Å². The number of thiazole rings is 1. The average Bonchev–Trinajstić information content (AvgIpc) is 3.49. The lowest BCUT2D eigenvalue weighted by molar-refractivity contribution is -0.136. The van der Waals surface area contributed by atoms with Crippen molar-refractivity contribution in [2.24, 2.45) is 0 Å². The Kier molecular flexibility index (Phi) is 6.17. The smallest absolute Gasteiger partial charge is 0.240 e. The molecule has 1 aromatic carbocycles. The minimum atomic E-state index is -0.306. The summed E-state index contributed by atoms with van der Waals surface area (Å²) in [5.41, 5.74) is 3.03. The molecule has 2 fully saturated rings. The highest BCUT2D eigenvalue weighted by atomic mass is 32.1. The van der Waals surface area contributed by atoms with Crippen molar-refractivity contribution >= 4 is 23.0 Å². The second-order valence-electron chi connectivity index (χ2n) is 7.70. The predicted octanol–water partition coefficient (Wildman–Crippen LogP) is 3.41. The largest absolute Gasteiger partial charge is 0.331 e. The Bertz CT molecular complexity index is 793. The number of nitrogens with zero attached hydrogens (tertiary/aromatic N) is 3. The molecule has 0 saturated carbocycles. The van der Waals surface area contributed by atoms with Gasteiger partial charge in [-0.2, -0.15) is 0 Å². The fraction of sp³-hybridized carbons (Fsp3) is 0.500. The predicted molar refractivity (Wildman–Crippen MR) is 111 cm³/mol. The number of carbonyl (C=O) groups is 2. The second kappa shape index (κ2) is 8.97. The highest BCUT2D eigenvalue weighted by molar-refractivity contribution is 7.11. The van der Waals surface area contributed by atoms with Crippen LogP contribution >= 0.6 is 11.3 Å². The highest BCUT2D eigenvalue weighted by Crippen LogP contribution is 2.27. The van der Waals surface area contributed by atoms with Crippen molar-refractivity contribution in [3.05, 3.63) is 52.5 Å². The number of hydrogen-bond acceptors (Lipinski definition) is 5. The molecule has 28 heavy (non-hydrogen) atoms. The Morgan fingerprint density at radius 3 is 2.64 bits per heavy atom. The average molecular weight is 398 g/mol. The van der Waals surface area contributed by atoms with Crippen molar-refractivity contribution in [2.75, 3.05) is 19.6 Å². The first-order chi connectivity index (χ1) is 13.7. The Balaban J connectivity index is 1.36. The van der Waals surface area contributed by atoms with Crippen molar-refractivity contribution in [3.63, 3.8) is 0 Å². The number of ketones is 1. The minimum Gasteiger partial charge on any atom is -0.331 e. The maximum atomic E-state index is 13.3. The van der Waals surface area contributed by atoms with Gasteiger partial charge in [-0.25, -0.2) is 0 Å². The van der Waals surface area contributed by atoms with Crippen LogP contribution in [-0.4, -0.2) is 58.2 Å². The third-order valence-electron chi connectivity index (χ3n) is 5.92. The lowest BCUT2D eigenvalue weighted by Crippen LogP contribution is -2.49. The van der Waals surface area contributed by atoms with Crippen molar-refractivity contribution in [2.45, 2.75) is 50.6 Å². The highest BCUT2D eigenvalue weighted by Gasteiger charge is 2.40. The molecule has 2 aliphatic rings. The summed E-state index contributed by atoms with van der Waals surface area (Å²) >= 11 is 1.36. The maximum Gasteiger partial charge on any atom is 0.240 e. The molecule has 4 rings (SSSR count). The number of rotatable bonds is 7. The van der Waals surface area contributed by atoms with E-state index in [0.717, 1.165) is 51.6 Å². The van der Waals surface area contributed by atoms with Crippen LogP contribution in [0.15, 0.2) is 42.0 Å². The van der Waals surface area contributed by atoms with Gasteiger partial charge < -0.3 is 4.90 Å². The van der Waals surface area contributed by atoms with Gasteiger partial charge in [0.25, 0.3) is 0 Å². The van der Waals surface area contributed by atoms with Gasteiger partial charge in [0.1, 0.15) is 0 Å². The zero-order chi connectivity index (χ0) is 19.3. The molecule has 0 N–H and O–H groups in total. The molecule has 148 valence electrons. The molecule has 2 saturated heterocycles. The number of aryl methyl sites for hydroxylation is 1. The molecule has 6 heteroatoms. The molecule has 5 nitrogen and oxygen atoms in total. The summed E-state index contributed by atoms with van der Waals surface area (Å²) < 4.78 is 0. The van der Waals surface area contributed by atoms with Crippen LogP contribution in [0.4, 0.5) is 0 Å². The Hall–Kier alpha value is -2.05. The van der Waals surface area contributed by atoms with Gasteiger partial charge in [0.2, 0.25) is 5.91 Å². The summed E-state index contributed by atoms with van der Waals surface area (Å²) in [6.07, 6.45) is 7.35. The number of aromatic nitrogens is 1. The summed E-state index contributed by atoms with van der Waals surface area (Å²) in [5, 5.41) is 0. The summed E-state index contributed by atoms with van der Waals surface area (Å²) in [6.45, 7) is 2.61. The number of hydrogen-bond donors (Lipinski definition) is 0. The molecule has 0 bridgehead atoms. The maximum absolute atomic E-state index is 13.3. The first-order valence-corrected chi connectivity index (χ1v) is 11.1. The summed E-state index contributed by atoms with van der Waals surface area (Å²) in [7, 11) is 0. The molecular formula is C22H27N3O2S. The molecule has 0 unspecified atom stereocenters. The molecule has 1 aromatic heterocycles. The van der Waals surface area contributed by atoms with Gasteiger partial charge >= 0.3 is 0 Å². The van der Waals surface area contributed by atoms with Gasteiger partial charge in [-0.1, -0.05) is 30.3 Å². The van der Waals surface area contributed by atoms with E-state index in [1.807, 2.05) is 11.0 Å². The molecule has 2 atom stereocenters. The fourth-order valence-corrected chi connectivity index (χ4v) is 5.11. The van der Waals surface area contributed by atoms with Crippen LogP contribution in [0.1, 0.15) is 47.3 Å². The zero-order valence-corrected chi connectivity index (χ0v) is 16.9. The number of likely N-dealkylation sites (tertiary alicyclic amines) is 2. The topological polar surface area (TPSA) is 53.5 Å². The van der Waals surface area contributed by atoms with E-state index in [9.17, 15) is 9.59 Å². The van der Waals surface area contributed by atoms with E-state index in [1.165, 1.54) is 16.9 Å². The van der Waals surface area contributed by atoms with Crippen LogP contribution in [0.25, 0.3) is 0 Å². The van der Waals surface area contributed by atoms with Gasteiger partial charge in [0.05, 0.1) is 22.5 Å². The quantitative estimate of drug-likeness (QED) is 0.672. The number of benzene rings is 1. The molecule has 0 aliphatic carbocycles. The van der Waals surface area contributed by atoms with Crippen molar-refractivity contribution in [1.29, 1.82) is 0 Å². The van der Waals surface area contributed by atoms with Crippen LogP contribution < -0.4 is 0 Å². The summed E-state index contributed by atoms with van der Waals surface area (Å²) in [4.78, 5) is 35.0. The Morgan fingerprint density at radius 1 is 1.07 bits per heavy atom. The van der Waals surface area contributed by atoms with Gasteiger partial charge in [0.15, 0.2) is 5.78 Å². The van der Waals surface area contributed by atoms with Crippen molar-refractivity contribution in [3.8, 4) is 0 Å². The summed E-state index contributed by atoms with van der Waals surface area (Å²) in [6, 6.07) is 10.1. The fourth-order valence-electron chi connectivity index (χ4n) is 4.50. The Morgan fingerprint density at radius 2 is 1.86 bits per heavy atom. The zero-order valence-electron chi connectivity index (χ0n) is 16.1. The van der Waals surface area contributed by atoms with E-state index >= 15 is 0 Å². The molecule has 2 aliphatic heterocycles. The monoisotopic (exact) mass is 397 g/mol. The van der Waals surface area contributed by atoms with Crippen molar-refractivity contribution in [1.82, 2.24) is 14.8 Å². The lowest BCUT2D eigenvalue weighted by Gasteiger charge is -2.30. The number of carbonyl (C=O) groups excluding carboxylic acids is 2.